The Labute approximate surface area is 62.3 Å². The highest BCUT2D eigenvalue weighted by Gasteiger charge is 2.04. The van der Waals surface area contributed by atoms with Crippen LogP contribution in [-0.2, 0) is 6.54 Å². The fourth-order valence-electron chi connectivity index (χ4n) is 1.28. The van der Waals surface area contributed by atoms with Gasteiger partial charge >= 0.3 is 0 Å². The summed E-state index contributed by atoms with van der Waals surface area (Å²) in [4.78, 5) is 0. The summed E-state index contributed by atoms with van der Waals surface area (Å²) in [5.74, 6) is 0. The van der Waals surface area contributed by atoms with E-state index < -0.39 is 0 Å². The number of rotatable bonds is 1. The number of hydrogen-bond donors (Lipinski definition) is 0. The van der Waals surface area contributed by atoms with Crippen molar-refractivity contribution in [1.82, 2.24) is 0 Å². The summed E-state index contributed by atoms with van der Waals surface area (Å²) in [6, 6.07) is 6.36. The number of hydrogen-bond acceptors (Lipinski definition) is 0. The Morgan fingerprint density at radius 2 is 1.70 bits per heavy atom. The van der Waals surface area contributed by atoms with Gasteiger partial charge in [0.1, 0.15) is 6.54 Å². The normalized spacial score (nSPS) is 9.90. The van der Waals surface area contributed by atoms with Crippen LogP contribution >= 0.6 is 0 Å². The lowest BCUT2D eigenvalue weighted by molar-refractivity contribution is -0.705. The minimum Gasteiger partial charge on any atom is -0.201 e. The van der Waals surface area contributed by atoms with Gasteiger partial charge in [-0.25, -0.2) is 4.57 Å². The standard InChI is InChI=1S/C9H14N/c1-4-10-8(2)6-5-7-9(10)3/h5-7H,4H2,1-3H3/q+1. The van der Waals surface area contributed by atoms with Gasteiger partial charge in [-0.3, -0.25) is 0 Å². The maximum absolute atomic E-state index is 2.29. The van der Waals surface area contributed by atoms with Gasteiger partial charge in [-0.15, -0.1) is 0 Å². The summed E-state index contributed by atoms with van der Waals surface area (Å²) in [6.07, 6.45) is 0. The zero-order valence-corrected chi connectivity index (χ0v) is 6.89. The third kappa shape index (κ3) is 1.18. The molecule has 0 fully saturated rings. The molecule has 10 heavy (non-hydrogen) atoms. The molecule has 0 aliphatic heterocycles. The van der Waals surface area contributed by atoms with Gasteiger partial charge in [0, 0.05) is 26.0 Å². The third-order valence-corrected chi connectivity index (χ3v) is 1.84. The molecular formula is C9H14N+. The second kappa shape index (κ2) is 2.82. The average Bonchev–Trinajstić information content (AvgIpc) is 1.88. The highest BCUT2D eigenvalue weighted by atomic mass is 15.0. The molecule has 0 aliphatic rings. The lowest BCUT2D eigenvalue weighted by Gasteiger charge is -1.98. The fourth-order valence-corrected chi connectivity index (χ4v) is 1.28. The lowest BCUT2D eigenvalue weighted by atomic mass is 10.3. The highest BCUT2D eigenvalue weighted by Crippen LogP contribution is 1.92. The first kappa shape index (κ1) is 7.26. The minimum absolute atomic E-state index is 1.07. The molecular weight excluding hydrogens is 122 g/mol. The summed E-state index contributed by atoms with van der Waals surface area (Å²) < 4.78 is 2.29. The van der Waals surface area contributed by atoms with Crippen molar-refractivity contribution in [3.8, 4) is 0 Å². The van der Waals surface area contributed by atoms with E-state index in [0.717, 1.165) is 6.54 Å². The van der Waals surface area contributed by atoms with Crippen LogP contribution in [0.25, 0.3) is 0 Å². The third-order valence-electron chi connectivity index (χ3n) is 1.84. The molecule has 0 radical (unpaired) electrons. The SMILES string of the molecule is CC[n+]1c(C)cccc1C. The molecule has 0 saturated heterocycles. The summed E-state index contributed by atoms with van der Waals surface area (Å²) >= 11 is 0. The van der Waals surface area contributed by atoms with Crippen molar-refractivity contribution < 1.29 is 4.57 Å². The van der Waals surface area contributed by atoms with Crippen LogP contribution in [0.2, 0.25) is 0 Å². The van der Waals surface area contributed by atoms with E-state index in [-0.39, 0.29) is 0 Å². The molecule has 54 valence electrons. The van der Waals surface area contributed by atoms with Crippen molar-refractivity contribution in [1.29, 1.82) is 0 Å². The van der Waals surface area contributed by atoms with Gasteiger partial charge in [-0.05, 0) is 13.0 Å². The van der Waals surface area contributed by atoms with E-state index in [1.54, 1.807) is 0 Å². The average molecular weight is 136 g/mol. The maximum atomic E-state index is 2.29. The van der Waals surface area contributed by atoms with E-state index in [9.17, 15) is 0 Å². The quantitative estimate of drug-likeness (QED) is 0.516. The predicted molar refractivity (Wildman–Crippen MR) is 41.8 cm³/mol. The number of pyridine rings is 1. The van der Waals surface area contributed by atoms with Gasteiger partial charge in [0.2, 0.25) is 0 Å². The molecule has 1 nitrogen and oxygen atoms in total. The van der Waals surface area contributed by atoms with Crippen molar-refractivity contribution in [2.75, 3.05) is 0 Å². The van der Waals surface area contributed by atoms with E-state index in [1.807, 2.05) is 0 Å². The summed E-state index contributed by atoms with van der Waals surface area (Å²) in [5.41, 5.74) is 2.67. The second-order valence-corrected chi connectivity index (χ2v) is 2.55. The Balaban J connectivity index is 3.17. The summed E-state index contributed by atoms with van der Waals surface area (Å²) in [5, 5.41) is 0. The number of nitrogens with zero attached hydrogens (tertiary/aromatic N) is 1. The molecule has 1 aromatic rings. The molecule has 0 N–H and O–H groups in total. The van der Waals surface area contributed by atoms with Crippen LogP contribution in [0, 0.1) is 13.8 Å². The summed E-state index contributed by atoms with van der Waals surface area (Å²) in [7, 11) is 0. The lowest BCUT2D eigenvalue weighted by Crippen LogP contribution is -2.38. The predicted octanol–water partition coefficient (Wildman–Crippen LogP) is 1.61. The minimum atomic E-state index is 1.07. The first-order chi connectivity index (χ1) is 4.75. The van der Waals surface area contributed by atoms with Gasteiger partial charge in [-0.2, -0.15) is 0 Å². The first-order valence-electron chi connectivity index (χ1n) is 3.71. The molecule has 0 aromatic carbocycles. The zero-order valence-electron chi connectivity index (χ0n) is 6.89. The van der Waals surface area contributed by atoms with Gasteiger partial charge < -0.3 is 0 Å². The molecule has 0 bridgehead atoms. The molecule has 0 unspecified atom stereocenters. The van der Waals surface area contributed by atoms with Crippen LogP contribution in [0.1, 0.15) is 18.3 Å². The Bertz CT molecular complexity index is 208. The van der Waals surface area contributed by atoms with Crippen molar-refractivity contribution in [2.45, 2.75) is 27.3 Å². The Hall–Kier alpha value is -0.850. The molecule has 0 aliphatic carbocycles. The van der Waals surface area contributed by atoms with Gasteiger partial charge in [-0.1, -0.05) is 0 Å². The van der Waals surface area contributed by atoms with Crippen LogP contribution in [0.4, 0.5) is 0 Å². The van der Waals surface area contributed by atoms with Gasteiger partial charge in [0.05, 0.1) is 0 Å². The van der Waals surface area contributed by atoms with E-state index in [0.29, 0.717) is 0 Å². The van der Waals surface area contributed by atoms with Crippen LogP contribution in [0.3, 0.4) is 0 Å². The molecule has 1 rings (SSSR count). The topological polar surface area (TPSA) is 3.88 Å². The molecule has 0 atom stereocenters. The fraction of sp³-hybridized carbons (Fsp3) is 0.444. The van der Waals surface area contributed by atoms with Crippen LogP contribution in [0.5, 0.6) is 0 Å². The molecule has 1 heterocycles. The summed E-state index contributed by atoms with van der Waals surface area (Å²) in [6.45, 7) is 7.51. The molecule has 1 heteroatoms. The smallest absolute Gasteiger partial charge is 0.178 e. The van der Waals surface area contributed by atoms with Crippen molar-refractivity contribution in [3.05, 3.63) is 29.6 Å². The molecule has 0 saturated carbocycles. The Kier molecular flexibility index (Phi) is 2.05. The Morgan fingerprint density at radius 3 is 2.00 bits per heavy atom. The highest BCUT2D eigenvalue weighted by molar-refractivity contribution is 5.00. The first-order valence-corrected chi connectivity index (χ1v) is 3.71. The van der Waals surface area contributed by atoms with Crippen molar-refractivity contribution >= 4 is 0 Å². The van der Waals surface area contributed by atoms with Crippen molar-refractivity contribution in [2.24, 2.45) is 0 Å². The number of aryl methyl sites for hydroxylation is 2. The second-order valence-electron chi connectivity index (χ2n) is 2.55. The molecule has 1 aromatic heterocycles. The van der Waals surface area contributed by atoms with Crippen LogP contribution in [-0.4, -0.2) is 0 Å². The maximum Gasteiger partial charge on any atom is 0.178 e. The van der Waals surface area contributed by atoms with Crippen LogP contribution in [0.15, 0.2) is 18.2 Å². The van der Waals surface area contributed by atoms with Gasteiger partial charge in [0.15, 0.2) is 11.4 Å². The van der Waals surface area contributed by atoms with E-state index in [2.05, 4.69) is 43.5 Å². The van der Waals surface area contributed by atoms with Crippen molar-refractivity contribution in [3.63, 3.8) is 0 Å². The van der Waals surface area contributed by atoms with Crippen LogP contribution < -0.4 is 4.57 Å². The largest absolute Gasteiger partial charge is 0.201 e. The Morgan fingerprint density at radius 1 is 1.20 bits per heavy atom. The van der Waals surface area contributed by atoms with E-state index >= 15 is 0 Å². The van der Waals surface area contributed by atoms with E-state index in [1.165, 1.54) is 11.4 Å². The molecule has 0 spiro atoms. The monoisotopic (exact) mass is 136 g/mol. The number of aromatic nitrogens is 1. The van der Waals surface area contributed by atoms with Gasteiger partial charge in [0.25, 0.3) is 0 Å². The zero-order chi connectivity index (χ0) is 7.56. The van der Waals surface area contributed by atoms with E-state index in [4.69, 9.17) is 0 Å². The molecule has 0 amide bonds.